The summed E-state index contributed by atoms with van der Waals surface area (Å²) in [7, 11) is 0. The lowest BCUT2D eigenvalue weighted by atomic mass is 9.80. The van der Waals surface area contributed by atoms with Gasteiger partial charge in [-0.3, -0.25) is 14.4 Å². The molecule has 0 aromatic carbocycles. The molecule has 0 saturated heterocycles. The van der Waals surface area contributed by atoms with Crippen LogP contribution in [0.5, 0.6) is 0 Å². The van der Waals surface area contributed by atoms with Gasteiger partial charge >= 0.3 is 5.97 Å². The molecule has 22 heavy (non-hydrogen) atoms. The number of fused-ring (bicyclic) bond motifs is 1. The lowest BCUT2D eigenvalue weighted by Gasteiger charge is -2.26. The molecule has 8 nitrogen and oxygen atoms in total. The summed E-state index contributed by atoms with van der Waals surface area (Å²) in [6, 6.07) is -2.08. The Balaban J connectivity index is 2.12. The number of carboxylic acid groups (broad SMARTS) is 1. The van der Waals surface area contributed by atoms with Crippen molar-refractivity contribution in [3.8, 4) is 0 Å². The number of carboxylic acids is 1. The molecule has 2 aliphatic rings. The van der Waals surface area contributed by atoms with Crippen LogP contribution in [0.3, 0.4) is 0 Å². The molecule has 6 N–H and O–H groups in total. The Labute approximate surface area is 126 Å². The highest BCUT2D eigenvalue weighted by atomic mass is 16.4. The summed E-state index contributed by atoms with van der Waals surface area (Å²) in [5, 5.41) is 11.2. The minimum Gasteiger partial charge on any atom is -0.480 e. The first-order chi connectivity index (χ1) is 10.3. The SMILES string of the molecule is NC(=O)C[C@H](NC(=O)C1C=CC2=CC[C@H](N)C(=O)C21)C(=O)O. The second-order valence-corrected chi connectivity index (χ2v) is 5.38. The molecule has 0 aromatic heterocycles. The first-order valence-electron chi connectivity index (χ1n) is 6.80. The van der Waals surface area contributed by atoms with Gasteiger partial charge in [-0.2, -0.15) is 0 Å². The molecule has 2 rings (SSSR count). The topological polar surface area (TPSA) is 153 Å². The third kappa shape index (κ3) is 3.06. The maximum absolute atomic E-state index is 12.3. The number of aliphatic carboxylic acids is 1. The predicted octanol–water partition coefficient (Wildman–Crippen LogP) is -1.54. The van der Waals surface area contributed by atoms with Crippen LogP contribution in [0.2, 0.25) is 0 Å². The van der Waals surface area contributed by atoms with Crippen molar-refractivity contribution in [1.29, 1.82) is 0 Å². The maximum Gasteiger partial charge on any atom is 0.326 e. The van der Waals surface area contributed by atoms with Crippen LogP contribution in [0.1, 0.15) is 12.8 Å². The van der Waals surface area contributed by atoms with E-state index < -0.39 is 48.1 Å². The van der Waals surface area contributed by atoms with E-state index in [1.807, 2.05) is 0 Å². The van der Waals surface area contributed by atoms with Crippen molar-refractivity contribution in [3.05, 3.63) is 23.8 Å². The highest BCUT2D eigenvalue weighted by Gasteiger charge is 2.42. The molecule has 0 radical (unpaired) electrons. The molecule has 8 heteroatoms. The van der Waals surface area contributed by atoms with Crippen LogP contribution in [0.15, 0.2) is 23.8 Å². The number of primary amides is 1. The second-order valence-electron chi connectivity index (χ2n) is 5.38. The van der Waals surface area contributed by atoms with Crippen LogP contribution in [0.4, 0.5) is 0 Å². The van der Waals surface area contributed by atoms with Gasteiger partial charge in [0.1, 0.15) is 6.04 Å². The van der Waals surface area contributed by atoms with Gasteiger partial charge in [-0.05, 0) is 12.0 Å². The standard InChI is InChI=1S/C14H17N3O5/c15-8-4-2-6-1-3-7(11(6)12(8)19)13(20)17-9(14(21)22)5-10(16)18/h1-3,7-9,11H,4-5,15H2,(H2,16,18)(H,17,20)(H,21,22)/t7?,8-,9-,11?/m0/s1. The molecular weight excluding hydrogens is 290 g/mol. The molecule has 118 valence electrons. The van der Waals surface area contributed by atoms with Crippen molar-refractivity contribution in [3.63, 3.8) is 0 Å². The molecule has 0 fully saturated rings. The molecule has 2 aliphatic carbocycles. The molecule has 2 amide bonds. The fourth-order valence-corrected chi connectivity index (χ4v) is 2.69. The number of carbonyl (C=O) groups is 4. The van der Waals surface area contributed by atoms with Crippen LogP contribution in [-0.2, 0) is 19.2 Å². The predicted molar refractivity (Wildman–Crippen MR) is 75.2 cm³/mol. The van der Waals surface area contributed by atoms with Crippen molar-refractivity contribution < 1.29 is 24.3 Å². The fraction of sp³-hybridized carbons (Fsp3) is 0.429. The summed E-state index contributed by atoms with van der Waals surface area (Å²) >= 11 is 0. The number of ketones is 1. The zero-order valence-corrected chi connectivity index (χ0v) is 11.7. The van der Waals surface area contributed by atoms with Gasteiger partial charge in [0.25, 0.3) is 0 Å². The Hall–Kier alpha value is -2.48. The van der Waals surface area contributed by atoms with Crippen molar-refractivity contribution in [1.82, 2.24) is 5.32 Å². The van der Waals surface area contributed by atoms with Gasteiger partial charge in [0.15, 0.2) is 5.78 Å². The molecule has 0 bridgehead atoms. The second kappa shape index (κ2) is 6.10. The molecule has 4 atom stereocenters. The number of Topliss-reactive ketones (excluding diaryl/α,β-unsaturated/α-hetero) is 1. The van der Waals surface area contributed by atoms with Crippen molar-refractivity contribution in [2.45, 2.75) is 24.9 Å². The molecular formula is C14H17N3O5. The van der Waals surface area contributed by atoms with Crippen molar-refractivity contribution in [2.75, 3.05) is 0 Å². The number of hydrogen-bond donors (Lipinski definition) is 4. The number of nitrogens with two attached hydrogens (primary N) is 2. The van der Waals surface area contributed by atoms with Crippen LogP contribution >= 0.6 is 0 Å². The third-order valence-electron chi connectivity index (χ3n) is 3.82. The first-order valence-corrected chi connectivity index (χ1v) is 6.80. The van der Waals surface area contributed by atoms with E-state index in [2.05, 4.69) is 5.32 Å². The first kappa shape index (κ1) is 15.9. The maximum atomic E-state index is 12.3. The van der Waals surface area contributed by atoms with Gasteiger partial charge in [-0.25, -0.2) is 4.79 Å². The van der Waals surface area contributed by atoms with E-state index in [9.17, 15) is 19.2 Å². The molecule has 0 aliphatic heterocycles. The number of hydrogen-bond acceptors (Lipinski definition) is 5. The van der Waals surface area contributed by atoms with E-state index >= 15 is 0 Å². The molecule has 0 saturated carbocycles. The van der Waals surface area contributed by atoms with Gasteiger partial charge in [0.2, 0.25) is 11.8 Å². The van der Waals surface area contributed by atoms with E-state index in [1.54, 1.807) is 18.2 Å². The van der Waals surface area contributed by atoms with Crippen molar-refractivity contribution >= 4 is 23.6 Å². The fourth-order valence-electron chi connectivity index (χ4n) is 2.69. The van der Waals surface area contributed by atoms with Gasteiger partial charge in [0, 0.05) is 0 Å². The van der Waals surface area contributed by atoms with E-state index in [0.29, 0.717) is 12.0 Å². The van der Waals surface area contributed by atoms with E-state index in [1.165, 1.54) is 0 Å². The highest BCUT2D eigenvalue weighted by molar-refractivity contribution is 5.98. The lowest BCUT2D eigenvalue weighted by Crippen LogP contribution is -2.49. The highest BCUT2D eigenvalue weighted by Crippen LogP contribution is 2.35. The third-order valence-corrected chi connectivity index (χ3v) is 3.82. The summed E-state index contributed by atoms with van der Waals surface area (Å²) in [4.78, 5) is 46.3. The van der Waals surface area contributed by atoms with E-state index in [0.717, 1.165) is 0 Å². The molecule has 2 unspecified atom stereocenters. The lowest BCUT2D eigenvalue weighted by molar-refractivity contribution is -0.144. The smallest absolute Gasteiger partial charge is 0.326 e. The largest absolute Gasteiger partial charge is 0.480 e. The number of amides is 2. The van der Waals surface area contributed by atoms with Gasteiger partial charge in [0.05, 0.1) is 24.3 Å². The summed E-state index contributed by atoms with van der Waals surface area (Å²) < 4.78 is 0. The van der Waals surface area contributed by atoms with E-state index in [-0.39, 0.29) is 5.78 Å². The Kier molecular flexibility index (Phi) is 4.41. The zero-order valence-electron chi connectivity index (χ0n) is 11.7. The van der Waals surface area contributed by atoms with Crippen LogP contribution in [0.25, 0.3) is 0 Å². The van der Waals surface area contributed by atoms with Crippen LogP contribution in [-0.4, -0.2) is 40.8 Å². The summed E-state index contributed by atoms with van der Waals surface area (Å²) in [5.74, 6) is -4.60. The minimum atomic E-state index is -1.42. The average molecular weight is 307 g/mol. The van der Waals surface area contributed by atoms with Crippen LogP contribution < -0.4 is 16.8 Å². The summed E-state index contributed by atoms with van der Waals surface area (Å²) in [6.45, 7) is 0. The Morgan fingerprint density at radius 1 is 1.41 bits per heavy atom. The monoisotopic (exact) mass is 307 g/mol. The number of carbonyl (C=O) groups excluding carboxylic acids is 3. The van der Waals surface area contributed by atoms with Gasteiger partial charge < -0.3 is 21.9 Å². The number of rotatable bonds is 5. The van der Waals surface area contributed by atoms with E-state index in [4.69, 9.17) is 16.6 Å². The average Bonchev–Trinajstić information content (AvgIpc) is 2.86. The molecule has 0 aromatic rings. The number of allylic oxidation sites excluding steroid dienone is 2. The van der Waals surface area contributed by atoms with Crippen LogP contribution in [0, 0.1) is 11.8 Å². The quantitative estimate of drug-likeness (QED) is 0.483. The Bertz CT molecular complexity index is 595. The zero-order chi connectivity index (χ0) is 16.4. The number of nitrogens with one attached hydrogen (secondary N) is 1. The normalized spacial score (nSPS) is 27.8. The molecule has 0 spiro atoms. The Morgan fingerprint density at radius 3 is 2.68 bits per heavy atom. The van der Waals surface area contributed by atoms with Gasteiger partial charge in [-0.1, -0.05) is 18.2 Å². The summed E-state index contributed by atoms with van der Waals surface area (Å²) in [6.07, 6.45) is 4.92. The van der Waals surface area contributed by atoms with Crippen molar-refractivity contribution in [2.24, 2.45) is 23.3 Å². The minimum absolute atomic E-state index is 0.246. The summed E-state index contributed by atoms with van der Waals surface area (Å²) in [5.41, 5.74) is 11.4. The molecule has 0 heterocycles. The Morgan fingerprint density at radius 2 is 2.09 bits per heavy atom. The van der Waals surface area contributed by atoms with Gasteiger partial charge in [-0.15, -0.1) is 0 Å².